The summed E-state index contributed by atoms with van der Waals surface area (Å²) in [5.41, 5.74) is 0.745. The molecular weight excluding hydrogens is 320 g/mol. The topological polar surface area (TPSA) is 36.7 Å². The van der Waals surface area contributed by atoms with Crippen LogP contribution in [0.25, 0.3) is 11.0 Å². The van der Waals surface area contributed by atoms with Gasteiger partial charge in [0, 0.05) is 36.0 Å². The number of carbonyl (C=O) groups excluding carboxylic acids is 1. The molecule has 0 radical (unpaired) electrons. The summed E-state index contributed by atoms with van der Waals surface area (Å²) in [4.78, 5) is 16.7. The maximum atomic E-state index is 12.5. The fourth-order valence-corrected chi connectivity index (χ4v) is 2.87. The van der Waals surface area contributed by atoms with Gasteiger partial charge in [-0.25, -0.2) is 0 Å². The zero-order valence-corrected chi connectivity index (χ0v) is 13.0. The summed E-state index contributed by atoms with van der Waals surface area (Å²) < 4.78 is 6.64. The third-order valence-electron chi connectivity index (χ3n) is 3.80. The van der Waals surface area contributed by atoms with Gasteiger partial charge in [-0.15, -0.1) is 0 Å². The van der Waals surface area contributed by atoms with Gasteiger partial charge in [0.15, 0.2) is 5.76 Å². The first-order chi connectivity index (χ1) is 9.67. The molecule has 1 amide bonds. The second-order valence-electron chi connectivity index (χ2n) is 5.02. The second-order valence-corrected chi connectivity index (χ2v) is 5.93. The molecule has 106 valence electrons. The molecule has 2 heterocycles. The van der Waals surface area contributed by atoms with Crippen molar-refractivity contribution < 1.29 is 9.21 Å². The van der Waals surface area contributed by atoms with Crippen molar-refractivity contribution in [1.82, 2.24) is 9.80 Å². The average molecular weight is 337 g/mol. The van der Waals surface area contributed by atoms with Gasteiger partial charge in [-0.1, -0.05) is 22.9 Å². The van der Waals surface area contributed by atoms with Crippen molar-refractivity contribution in [2.45, 2.75) is 6.92 Å². The molecule has 4 nitrogen and oxygen atoms in total. The van der Waals surface area contributed by atoms with Crippen LogP contribution in [0, 0.1) is 0 Å². The number of carbonyl (C=O) groups is 1. The molecule has 0 spiro atoms. The number of hydrogen-bond acceptors (Lipinski definition) is 3. The minimum Gasteiger partial charge on any atom is -0.451 e. The van der Waals surface area contributed by atoms with Crippen molar-refractivity contribution in [3.63, 3.8) is 0 Å². The highest BCUT2D eigenvalue weighted by Crippen LogP contribution is 2.24. The van der Waals surface area contributed by atoms with Gasteiger partial charge in [0.2, 0.25) is 0 Å². The molecule has 20 heavy (non-hydrogen) atoms. The molecular formula is C15H17BrN2O2. The summed E-state index contributed by atoms with van der Waals surface area (Å²) in [6.07, 6.45) is 0. The van der Waals surface area contributed by atoms with E-state index >= 15 is 0 Å². The van der Waals surface area contributed by atoms with Crippen LogP contribution in [0.15, 0.2) is 33.2 Å². The van der Waals surface area contributed by atoms with Crippen molar-refractivity contribution in [3.05, 3.63) is 34.5 Å². The standard InChI is InChI=1S/C15H17BrN2O2/c1-2-17-5-7-18(8-6-17)15(19)14-9-11-3-4-12(16)10-13(11)20-14/h3-4,9-10H,2,5-8H2,1H3. The van der Waals surface area contributed by atoms with E-state index in [0.29, 0.717) is 5.76 Å². The number of likely N-dealkylation sites (N-methyl/N-ethyl adjacent to an activating group) is 1. The van der Waals surface area contributed by atoms with E-state index in [4.69, 9.17) is 4.42 Å². The van der Waals surface area contributed by atoms with E-state index in [9.17, 15) is 4.79 Å². The van der Waals surface area contributed by atoms with Gasteiger partial charge < -0.3 is 14.2 Å². The minimum atomic E-state index is -0.00641. The number of nitrogens with zero attached hydrogens (tertiary/aromatic N) is 2. The summed E-state index contributed by atoms with van der Waals surface area (Å²) in [7, 11) is 0. The Hall–Kier alpha value is -1.33. The Morgan fingerprint density at radius 1 is 1.25 bits per heavy atom. The van der Waals surface area contributed by atoms with E-state index in [1.54, 1.807) is 0 Å². The first-order valence-corrected chi connectivity index (χ1v) is 7.67. The summed E-state index contributed by atoms with van der Waals surface area (Å²) in [5.74, 6) is 0.427. The van der Waals surface area contributed by atoms with E-state index in [2.05, 4.69) is 27.8 Å². The molecule has 1 aliphatic heterocycles. The van der Waals surface area contributed by atoms with Gasteiger partial charge >= 0.3 is 0 Å². The zero-order chi connectivity index (χ0) is 14.1. The maximum Gasteiger partial charge on any atom is 0.289 e. The highest BCUT2D eigenvalue weighted by Gasteiger charge is 2.23. The lowest BCUT2D eigenvalue weighted by atomic mass is 10.2. The Morgan fingerprint density at radius 2 is 2.00 bits per heavy atom. The Kier molecular flexibility index (Phi) is 3.81. The third-order valence-corrected chi connectivity index (χ3v) is 4.29. The zero-order valence-electron chi connectivity index (χ0n) is 11.4. The predicted octanol–water partition coefficient (Wildman–Crippen LogP) is 2.97. The van der Waals surface area contributed by atoms with Gasteiger partial charge in [0.1, 0.15) is 5.58 Å². The summed E-state index contributed by atoms with van der Waals surface area (Å²) in [5, 5.41) is 0.962. The van der Waals surface area contributed by atoms with Gasteiger partial charge in [0.25, 0.3) is 5.91 Å². The number of hydrogen-bond donors (Lipinski definition) is 0. The van der Waals surface area contributed by atoms with Crippen LogP contribution < -0.4 is 0 Å². The van der Waals surface area contributed by atoms with E-state index < -0.39 is 0 Å². The average Bonchev–Trinajstić information content (AvgIpc) is 2.89. The number of halogens is 1. The fourth-order valence-electron chi connectivity index (χ4n) is 2.53. The number of rotatable bonds is 2. The SMILES string of the molecule is CCN1CCN(C(=O)c2cc3ccc(Br)cc3o2)CC1. The van der Waals surface area contributed by atoms with E-state index in [1.165, 1.54) is 0 Å². The molecule has 0 N–H and O–H groups in total. The van der Waals surface area contributed by atoms with Crippen molar-refractivity contribution in [3.8, 4) is 0 Å². The number of piperazine rings is 1. The van der Waals surface area contributed by atoms with Crippen molar-refractivity contribution in [1.29, 1.82) is 0 Å². The molecule has 5 heteroatoms. The van der Waals surface area contributed by atoms with Crippen LogP contribution in [-0.4, -0.2) is 48.4 Å². The Bertz CT molecular complexity index is 630. The van der Waals surface area contributed by atoms with Gasteiger partial charge in [-0.3, -0.25) is 4.79 Å². The van der Waals surface area contributed by atoms with Crippen LogP contribution >= 0.6 is 15.9 Å². The van der Waals surface area contributed by atoms with E-state index in [0.717, 1.165) is 48.2 Å². The van der Waals surface area contributed by atoms with Gasteiger partial charge in [-0.2, -0.15) is 0 Å². The maximum absolute atomic E-state index is 12.5. The molecule has 0 saturated carbocycles. The number of amides is 1. The lowest BCUT2D eigenvalue weighted by Crippen LogP contribution is -2.48. The van der Waals surface area contributed by atoms with Crippen molar-refractivity contribution in [2.24, 2.45) is 0 Å². The van der Waals surface area contributed by atoms with Crippen LogP contribution in [0.4, 0.5) is 0 Å². The largest absolute Gasteiger partial charge is 0.451 e. The number of benzene rings is 1. The third kappa shape index (κ3) is 2.60. The van der Waals surface area contributed by atoms with Crippen molar-refractivity contribution in [2.75, 3.05) is 32.7 Å². The first kappa shape index (κ1) is 13.6. The molecule has 2 aromatic rings. The smallest absolute Gasteiger partial charge is 0.289 e. The van der Waals surface area contributed by atoms with Crippen LogP contribution in [0.2, 0.25) is 0 Å². The highest BCUT2D eigenvalue weighted by atomic mass is 79.9. The Labute approximate surface area is 126 Å². The van der Waals surface area contributed by atoms with E-state index in [-0.39, 0.29) is 5.91 Å². The van der Waals surface area contributed by atoms with E-state index in [1.807, 2.05) is 29.2 Å². The monoisotopic (exact) mass is 336 g/mol. The second kappa shape index (κ2) is 5.58. The van der Waals surface area contributed by atoms with Gasteiger partial charge in [-0.05, 0) is 30.8 Å². The molecule has 1 aliphatic rings. The van der Waals surface area contributed by atoms with Crippen LogP contribution in [0.3, 0.4) is 0 Å². The van der Waals surface area contributed by atoms with Crippen LogP contribution in [0.1, 0.15) is 17.5 Å². The van der Waals surface area contributed by atoms with Gasteiger partial charge in [0.05, 0.1) is 0 Å². The Balaban J connectivity index is 1.79. The summed E-state index contributed by atoms with van der Waals surface area (Å²) >= 11 is 3.41. The normalized spacial score (nSPS) is 16.8. The molecule has 1 fully saturated rings. The summed E-state index contributed by atoms with van der Waals surface area (Å²) in [6, 6.07) is 7.62. The lowest BCUT2D eigenvalue weighted by molar-refractivity contribution is 0.0614. The fraction of sp³-hybridized carbons (Fsp3) is 0.400. The first-order valence-electron chi connectivity index (χ1n) is 6.88. The summed E-state index contributed by atoms with van der Waals surface area (Å²) in [6.45, 7) is 6.61. The molecule has 0 aliphatic carbocycles. The molecule has 3 rings (SSSR count). The molecule has 0 bridgehead atoms. The lowest BCUT2D eigenvalue weighted by Gasteiger charge is -2.33. The van der Waals surface area contributed by atoms with Crippen LogP contribution in [0.5, 0.6) is 0 Å². The number of furan rings is 1. The van der Waals surface area contributed by atoms with Crippen LogP contribution in [-0.2, 0) is 0 Å². The van der Waals surface area contributed by atoms with Crippen molar-refractivity contribution >= 4 is 32.8 Å². The molecule has 0 unspecified atom stereocenters. The predicted molar refractivity (Wildman–Crippen MR) is 81.9 cm³/mol. The molecule has 1 aromatic carbocycles. The Morgan fingerprint density at radius 3 is 2.70 bits per heavy atom. The number of fused-ring (bicyclic) bond motifs is 1. The highest BCUT2D eigenvalue weighted by molar-refractivity contribution is 9.10. The molecule has 0 atom stereocenters. The molecule has 1 aromatic heterocycles. The molecule has 1 saturated heterocycles. The minimum absolute atomic E-state index is 0.00641. The quantitative estimate of drug-likeness (QED) is 0.845.